The van der Waals surface area contributed by atoms with E-state index in [0.29, 0.717) is 49.1 Å². The van der Waals surface area contributed by atoms with Crippen LogP contribution in [0.4, 0.5) is 0 Å². The van der Waals surface area contributed by atoms with E-state index >= 15 is 0 Å². The van der Waals surface area contributed by atoms with Crippen molar-refractivity contribution in [3.63, 3.8) is 0 Å². The number of carbonyl (C=O) groups excluding carboxylic acids is 2. The minimum absolute atomic E-state index is 0.0101. The fraction of sp³-hybridized carbons (Fsp3) is 0.375. The van der Waals surface area contributed by atoms with Crippen molar-refractivity contribution < 1.29 is 28.9 Å². The van der Waals surface area contributed by atoms with Crippen LogP contribution >= 0.6 is 0 Å². The number of carbonyl (C=O) groups is 2. The summed E-state index contributed by atoms with van der Waals surface area (Å²) in [6.45, 7) is 3.72. The van der Waals surface area contributed by atoms with Crippen LogP contribution in [0.1, 0.15) is 17.3 Å². The number of ketones is 1. The SMILES string of the molecule is COc1ccc(/C(O)=C2\C(=O)C(=O)N(CCN3CCOCC3)[C@H]2c2ccccn2)c(OC)c1. The molecule has 0 saturated carbocycles. The Hall–Kier alpha value is -3.43. The normalized spacial score (nSPS) is 20.8. The fourth-order valence-electron chi connectivity index (χ4n) is 4.17. The zero-order valence-electron chi connectivity index (χ0n) is 18.7. The summed E-state index contributed by atoms with van der Waals surface area (Å²) < 4.78 is 16.0. The van der Waals surface area contributed by atoms with Crippen LogP contribution in [0.5, 0.6) is 11.5 Å². The van der Waals surface area contributed by atoms with E-state index in [-0.39, 0.29) is 11.3 Å². The van der Waals surface area contributed by atoms with Gasteiger partial charge in [0.2, 0.25) is 0 Å². The lowest BCUT2D eigenvalue weighted by atomic mass is 9.97. The number of aliphatic hydroxyl groups is 1. The highest BCUT2D eigenvalue weighted by Crippen LogP contribution is 2.40. The Morgan fingerprint density at radius 2 is 1.91 bits per heavy atom. The number of hydrogen-bond acceptors (Lipinski definition) is 8. The van der Waals surface area contributed by atoms with Gasteiger partial charge in [0.1, 0.15) is 23.3 Å². The van der Waals surface area contributed by atoms with Crippen LogP contribution in [-0.4, -0.2) is 85.2 Å². The number of morpholine rings is 1. The fourth-order valence-corrected chi connectivity index (χ4v) is 4.17. The zero-order chi connectivity index (χ0) is 23.4. The standard InChI is InChI=1S/C24H27N3O6/c1-31-16-6-7-17(19(15-16)32-2)22(28)20-21(18-5-3-4-8-25-18)27(24(30)23(20)29)10-9-26-11-13-33-14-12-26/h3-8,15,21,28H,9-14H2,1-2H3/b22-20+/t21-/m0/s1. The highest BCUT2D eigenvalue weighted by Gasteiger charge is 2.47. The van der Waals surface area contributed by atoms with Gasteiger partial charge >= 0.3 is 0 Å². The third-order valence-electron chi connectivity index (χ3n) is 5.93. The Kier molecular flexibility index (Phi) is 6.90. The molecular formula is C24H27N3O6. The number of amides is 1. The van der Waals surface area contributed by atoms with Crippen molar-refractivity contribution in [1.29, 1.82) is 0 Å². The first-order valence-electron chi connectivity index (χ1n) is 10.8. The van der Waals surface area contributed by atoms with E-state index in [1.54, 1.807) is 42.6 Å². The number of benzene rings is 1. The summed E-state index contributed by atoms with van der Waals surface area (Å²) in [6, 6.07) is 9.36. The molecule has 2 aliphatic heterocycles. The van der Waals surface area contributed by atoms with Crippen LogP contribution < -0.4 is 9.47 Å². The molecule has 1 amide bonds. The Balaban J connectivity index is 1.75. The topological polar surface area (TPSA) is 101 Å². The molecule has 1 N–H and O–H groups in total. The van der Waals surface area contributed by atoms with Gasteiger partial charge in [-0.15, -0.1) is 0 Å². The first kappa shape index (κ1) is 22.8. The smallest absolute Gasteiger partial charge is 0.295 e. The van der Waals surface area contributed by atoms with E-state index < -0.39 is 17.7 Å². The molecule has 0 aliphatic carbocycles. The van der Waals surface area contributed by atoms with E-state index in [2.05, 4.69) is 9.88 Å². The number of ether oxygens (including phenoxy) is 3. The van der Waals surface area contributed by atoms with Gasteiger partial charge in [0.15, 0.2) is 0 Å². The Morgan fingerprint density at radius 1 is 1.12 bits per heavy atom. The van der Waals surface area contributed by atoms with Crippen molar-refractivity contribution in [2.24, 2.45) is 0 Å². The Morgan fingerprint density at radius 3 is 2.58 bits per heavy atom. The molecule has 2 saturated heterocycles. The summed E-state index contributed by atoms with van der Waals surface area (Å²) in [5.41, 5.74) is 0.794. The molecule has 0 bridgehead atoms. The minimum atomic E-state index is -0.806. The summed E-state index contributed by atoms with van der Waals surface area (Å²) in [5, 5.41) is 11.3. The average molecular weight is 453 g/mol. The predicted octanol–water partition coefficient (Wildman–Crippen LogP) is 1.85. The van der Waals surface area contributed by atoms with Gasteiger partial charge in [0.05, 0.1) is 44.3 Å². The molecule has 1 aromatic heterocycles. The summed E-state index contributed by atoms with van der Waals surface area (Å²) in [4.78, 5) is 34.3. The van der Waals surface area contributed by atoms with Gasteiger partial charge in [-0.25, -0.2) is 0 Å². The highest BCUT2D eigenvalue weighted by atomic mass is 16.5. The third-order valence-corrected chi connectivity index (χ3v) is 5.93. The number of aromatic nitrogens is 1. The van der Waals surface area contributed by atoms with Crippen molar-refractivity contribution in [2.75, 3.05) is 53.6 Å². The van der Waals surface area contributed by atoms with Gasteiger partial charge in [0, 0.05) is 38.4 Å². The Bertz CT molecular complexity index is 1050. The van der Waals surface area contributed by atoms with Crippen LogP contribution in [0, 0.1) is 0 Å². The lowest BCUT2D eigenvalue weighted by Crippen LogP contribution is -2.42. The molecule has 0 spiro atoms. The average Bonchev–Trinajstić information content (AvgIpc) is 3.12. The van der Waals surface area contributed by atoms with Crippen LogP contribution in [0.15, 0.2) is 48.2 Å². The van der Waals surface area contributed by atoms with Gasteiger partial charge in [-0.3, -0.25) is 19.5 Å². The lowest BCUT2D eigenvalue weighted by molar-refractivity contribution is -0.140. The second-order valence-electron chi connectivity index (χ2n) is 7.77. The largest absolute Gasteiger partial charge is 0.507 e. The second kappa shape index (κ2) is 10.0. The number of Topliss-reactive ketones (excluding diaryl/α,β-unsaturated/α-hetero) is 1. The molecule has 0 unspecified atom stereocenters. The molecule has 3 heterocycles. The van der Waals surface area contributed by atoms with E-state index in [1.165, 1.54) is 19.1 Å². The maximum atomic E-state index is 13.2. The summed E-state index contributed by atoms with van der Waals surface area (Å²) in [7, 11) is 2.98. The molecule has 33 heavy (non-hydrogen) atoms. The van der Waals surface area contributed by atoms with Gasteiger partial charge < -0.3 is 24.2 Å². The summed E-state index contributed by atoms with van der Waals surface area (Å²) >= 11 is 0. The quantitative estimate of drug-likeness (QED) is 0.385. The van der Waals surface area contributed by atoms with Crippen molar-refractivity contribution in [2.45, 2.75) is 6.04 Å². The van der Waals surface area contributed by atoms with Crippen molar-refractivity contribution in [3.05, 3.63) is 59.4 Å². The predicted molar refractivity (Wildman–Crippen MR) is 120 cm³/mol. The maximum Gasteiger partial charge on any atom is 0.295 e. The number of hydrogen-bond donors (Lipinski definition) is 1. The first-order chi connectivity index (χ1) is 16.0. The molecule has 2 fully saturated rings. The highest BCUT2D eigenvalue weighted by molar-refractivity contribution is 6.46. The van der Waals surface area contributed by atoms with Gasteiger partial charge in [-0.1, -0.05) is 6.07 Å². The van der Waals surface area contributed by atoms with Crippen molar-refractivity contribution in [1.82, 2.24) is 14.8 Å². The number of nitrogens with zero attached hydrogens (tertiary/aromatic N) is 3. The number of pyridine rings is 1. The van der Waals surface area contributed by atoms with Gasteiger partial charge in [-0.05, 0) is 24.3 Å². The van der Waals surface area contributed by atoms with Gasteiger partial charge in [0.25, 0.3) is 11.7 Å². The number of rotatable bonds is 7. The van der Waals surface area contributed by atoms with Crippen LogP contribution in [0.2, 0.25) is 0 Å². The Labute approximate surface area is 192 Å². The summed E-state index contributed by atoms with van der Waals surface area (Å²) in [6.07, 6.45) is 1.60. The number of likely N-dealkylation sites (tertiary alicyclic amines) is 1. The molecule has 0 radical (unpaired) electrons. The molecule has 9 heteroatoms. The monoisotopic (exact) mass is 453 g/mol. The molecule has 2 aromatic rings. The molecule has 1 atom stereocenters. The summed E-state index contributed by atoms with van der Waals surface area (Å²) in [5.74, 6) is -0.852. The zero-order valence-corrected chi connectivity index (χ0v) is 18.7. The van der Waals surface area contributed by atoms with Crippen LogP contribution in [0.3, 0.4) is 0 Å². The van der Waals surface area contributed by atoms with Crippen LogP contribution in [0.25, 0.3) is 5.76 Å². The van der Waals surface area contributed by atoms with E-state index in [4.69, 9.17) is 14.2 Å². The van der Waals surface area contributed by atoms with Crippen LogP contribution in [-0.2, 0) is 14.3 Å². The molecule has 9 nitrogen and oxygen atoms in total. The molecule has 1 aromatic carbocycles. The van der Waals surface area contributed by atoms with Crippen molar-refractivity contribution in [3.8, 4) is 11.5 Å². The third kappa shape index (κ3) is 4.55. The maximum absolute atomic E-state index is 13.2. The molecule has 2 aliphatic rings. The van der Waals surface area contributed by atoms with E-state index in [1.807, 2.05) is 0 Å². The second-order valence-corrected chi connectivity index (χ2v) is 7.77. The van der Waals surface area contributed by atoms with E-state index in [0.717, 1.165) is 13.1 Å². The number of methoxy groups -OCH3 is 2. The minimum Gasteiger partial charge on any atom is -0.507 e. The van der Waals surface area contributed by atoms with E-state index in [9.17, 15) is 14.7 Å². The molecular weight excluding hydrogens is 426 g/mol. The number of aliphatic hydroxyl groups excluding tert-OH is 1. The first-order valence-corrected chi connectivity index (χ1v) is 10.8. The lowest BCUT2D eigenvalue weighted by Gasteiger charge is -2.30. The molecule has 174 valence electrons. The van der Waals surface area contributed by atoms with Gasteiger partial charge in [-0.2, -0.15) is 0 Å². The van der Waals surface area contributed by atoms with Crippen molar-refractivity contribution >= 4 is 17.4 Å². The molecule has 4 rings (SSSR count).